The molecule has 0 N–H and O–H groups in total. The number of benzene rings is 2. The Morgan fingerprint density at radius 3 is 2.13 bits per heavy atom. The highest BCUT2D eigenvalue weighted by molar-refractivity contribution is 6.47. The highest BCUT2D eigenvalue weighted by Crippen LogP contribution is 2.42. The largest absolute Gasteiger partial charge is 0.495 e. The van der Waals surface area contributed by atoms with Crippen LogP contribution in [0.1, 0.15) is 6.92 Å². The van der Waals surface area contributed by atoms with Gasteiger partial charge in [0.1, 0.15) is 29.1 Å². The van der Waals surface area contributed by atoms with Gasteiger partial charge in [0.25, 0.3) is 5.91 Å². The number of nitrogens with zero attached hydrogens (tertiary/aromatic N) is 3. The molecule has 2 aromatic carbocycles. The third-order valence-corrected chi connectivity index (χ3v) is 5.19. The molecule has 2 amide bonds. The molecule has 2 heterocycles. The number of anilines is 2. The highest BCUT2D eigenvalue weighted by atomic mass is 16.5. The SMILES string of the molecule is CCOC(=O)C1=NN(c2ccccc2OC)[C@H]2C(=O)N(c3ccccc3OC)C(=O)[C@H]12. The number of para-hydroxylation sites is 4. The molecule has 31 heavy (non-hydrogen) atoms. The molecule has 9 nitrogen and oxygen atoms in total. The van der Waals surface area contributed by atoms with Crippen LogP contribution in [-0.2, 0) is 19.1 Å². The average molecular weight is 423 g/mol. The van der Waals surface area contributed by atoms with E-state index in [0.29, 0.717) is 22.9 Å². The fraction of sp³-hybridized carbons (Fsp3) is 0.273. The summed E-state index contributed by atoms with van der Waals surface area (Å²) in [6.07, 6.45) is 0. The summed E-state index contributed by atoms with van der Waals surface area (Å²) < 4.78 is 15.8. The molecule has 0 aromatic heterocycles. The molecule has 2 aliphatic heterocycles. The van der Waals surface area contributed by atoms with Gasteiger partial charge in [-0.05, 0) is 31.2 Å². The molecule has 0 aliphatic carbocycles. The van der Waals surface area contributed by atoms with Gasteiger partial charge in [0.2, 0.25) is 5.91 Å². The van der Waals surface area contributed by atoms with Crippen LogP contribution in [0.5, 0.6) is 11.5 Å². The molecule has 9 heteroatoms. The van der Waals surface area contributed by atoms with Crippen LogP contribution < -0.4 is 19.4 Å². The number of imide groups is 1. The van der Waals surface area contributed by atoms with Gasteiger partial charge >= 0.3 is 5.97 Å². The zero-order chi connectivity index (χ0) is 22.1. The van der Waals surface area contributed by atoms with Crippen molar-refractivity contribution in [1.29, 1.82) is 0 Å². The lowest BCUT2D eigenvalue weighted by Crippen LogP contribution is -2.39. The Bertz CT molecular complexity index is 1080. The second-order valence-electron chi connectivity index (χ2n) is 6.83. The Labute approximate surface area is 178 Å². The van der Waals surface area contributed by atoms with Crippen LogP contribution in [0, 0.1) is 5.92 Å². The van der Waals surface area contributed by atoms with Gasteiger partial charge in [-0.2, -0.15) is 5.10 Å². The van der Waals surface area contributed by atoms with Crippen molar-refractivity contribution in [2.24, 2.45) is 11.0 Å². The Kier molecular flexibility index (Phi) is 5.33. The first-order valence-corrected chi connectivity index (χ1v) is 9.72. The Hall–Kier alpha value is -3.88. The first-order valence-electron chi connectivity index (χ1n) is 9.72. The predicted octanol–water partition coefficient (Wildman–Crippen LogP) is 2.00. The second kappa shape index (κ2) is 8.10. The Morgan fingerprint density at radius 1 is 0.935 bits per heavy atom. The summed E-state index contributed by atoms with van der Waals surface area (Å²) in [5.41, 5.74) is 0.647. The number of ether oxygens (including phenoxy) is 3. The van der Waals surface area contributed by atoms with Gasteiger partial charge in [-0.3, -0.25) is 9.59 Å². The second-order valence-corrected chi connectivity index (χ2v) is 6.83. The smallest absolute Gasteiger partial charge is 0.355 e. The minimum atomic E-state index is -1.11. The van der Waals surface area contributed by atoms with Crippen LogP contribution in [0.25, 0.3) is 0 Å². The number of carbonyl (C=O) groups excluding carboxylic acids is 3. The van der Waals surface area contributed by atoms with Crippen molar-refractivity contribution in [3.8, 4) is 11.5 Å². The van der Waals surface area contributed by atoms with E-state index in [9.17, 15) is 14.4 Å². The van der Waals surface area contributed by atoms with Gasteiger partial charge in [0.15, 0.2) is 5.71 Å². The van der Waals surface area contributed by atoms with E-state index in [2.05, 4.69) is 5.10 Å². The number of carbonyl (C=O) groups is 3. The fourth-order valence-corrected chi connectivity index (χ4v) is 3.86. The third-order valence-electron chi connectivity index (χ3n) is 5.19. The molecule has 2 aromatic rings. The number of hydrogen-bond donors (Lipinski definition) is 0. The number of methoxy groups -OCH3 is 2. The highest BCUT2D eigenvalue weighted by Gasteiger charge is 2.59. The molecular weight excluding hydrogens is 402 g/mol. The van der Waals surface area contributed by atoms with Crippen molar-refractivity contribution < 1.29 is 28.6 Å². The maximum atomic E-state index is 13.5. The number of rotatable bonds is 6. The number of hydrazone groups is 1. The lowest BCUT2D eigenvalue weighted by Gasteiger charge is -2.24. The topological polar surface area (TPSA) is 97.7 Å². The Balaban J connectivity index is 1.84. The molecule has 1 fully saturated rings. The molecule has 0 bridgehead atoms. The first-order chi connectivity index (χ1) is 15.0. The number of amides is 2. The van der Waals surface area contributed by atoms with Crippen molar-refractivity contribution >= 4 is 34.9 Å². The number of esters is 1. The van der Waals surface area contributed by atoms with E-state index in [4.69, 9.17) is 14.2 Å². The van der Waals surface area contributed by atoms with Crippen LogP contribution in [-0.4, -0.2) is 50.4 Å². The fourth-order valence-electron chi connectivity index (χ4n) is 3.86. The van der Waals surface area contributed by atoms with Crippen molar-refractivity contribution in [1.82, 2.24) is 0 Å². The predicted molar refractivity (Wildman–Crippen MR) is 112 cm³/mol. The van der Waals surface area contributed by atoms with Gasteiger partial charge in [0, 0.05) is 0 Å². The first kappa shape index (κ1) is 20.4. The monoisotopic (exact) mass is 423 g/mol. The van der Waals surface area contributed by atoms with Crippen LogP contribution in [0.15, 0.2) is 53.6 Å². The third kappa shape index (κ3) is 3.18. The van der Waals surface area contributed by atoms with Crippen LogP contribution in [0.3, 0.4) is 0 Å². The molecule has 0 spiro atoms. The van der Waals surface area contributed by atoms with Crippen molar-refractivity contribution in [2.45, 2.75) is 13.0 Å². The minimum Gasteiger partial charge on any atom is -0.495 e. The number of hydrogen-bond acceptors (Lipinski definition) is 8. The van der Waals surface area contributed by atoms with Crippen molar-refractivity contribution in [3.05, 3.63) is 48.5 Å². The summed E-state index contributed by atoms with van der Waals surface area (Å²) in [5, 5.41) is 5.70. The van der Waals surface area contributed by atoms with E-state index >= 15 is 0 Å². The van der Waals surface area contributed by atoms with E-state index in [1.54, 1.807) is 55.5 Å². The molecule has 0 radical (unpaired) electrons. The molecule has 2 atom stereocenters. The molecule has 0 saturated carbocycles. The molecular formula is C22H21N3O6. The van der Waals surface area contributed by atoms with E-state index in [1.807, 2.05) is 0 Å². The van der Waals surface area contributed by atoms with Gasteiger partial charge in [-0.25, -0.2) is 14.7 Å². The minimum absolute atomic E-state index is 0.113. The van der Waals surface area contributed by atoms with E-state index in [-0.39, 0.29) is 12.3 Å². The van der Waals surface area contributed by atoms with E-state index < -0.39 is 29.7 Å². The van der Waals surface area contributed by atoms with Crippen LogP contribution >= 0.6 is 0 Å². The molecule has 4 rings (SSSR count). The summed E-state index contributed by atoms with van der Waals surface area (Å²) in [6.45, 7) is 1.77. The summed E-state index contributed by atoms with van der Waals surface area (Å²) in [4.78, 5) is 40.6. The quantitative estimate of drug-likeness (QED) is 0.518. The standard InChI is InChI=1S/C22H21N3O6/c1-4-31-22(28)18-17-19(25(23-18)14-10-6-8-12-16(14)30-3)21(27)24(20(17)26)13-9-5-7-11-15(13)29-2/h5-12,17,19H,4H2,1-3H3/t17-,19-/m1/s1. The van der Waals surface area contributed by atoms with E-state index in [0.717, 1.165) is 4.90 Å². The molecule has 160 valence electrons. The zero-order valence-corrected chi connectivity index (χ0v) is 17.3. The van der Waals surface area contributed by atoms with Crippen LogP contribution in [0.4, 0.5) is 11.4 Å². The Morgan fingerprint density at radius 2 is 1.52 bits per heavy atom. The summed E-state index contributed by atoms with van der Waals surface area (Å²) in [5.74, 6) is -2.12. The summed E-state index contributed by atoms with van der Waals surface area (Å²) in [6, 6.07) is 12.6. The van der Waals surface area contributed by atoms with Crippen molar-refractivity contribution in [2.75, 3.05) is 30.7 Å². The van der Waals surface area contributed by atoms with Gasteiger partial charge < -0.3 is 14.2 Å². The summed E-state index contributed by atoms with van der Waals surface area (Å²) in [7, 11) is 2.95. The molecule has 2 aliphatic rings. The number of fused-ring (bicyclic) bond motifs is 1. The summed E-state index contributed by atoms with van der Waals surface area (Å²) >= 11 is 0. The zero-order valence-electron chi connectivity index (χ0n) is 17.3. The normalized spacial score (nSPS) is 19.9. The molecule has 1 saturated heterocycles. The maximum Gasteiger partial charge on any atom is 0.355 e. The van der Waals surface area contributed by atoms with Gasteiger partial charge in [-0.15, -0.1) is 0 Å². The maximum absolute atomic E-state index is 13.5. The lowest BCUT2D eigenvalue weighted by atomic mass is 9.97. The van der Waals surface area contributed by atoms with Crippen molar-refractivity contribution in [3.63, 3.8) is 0 Å². The lowest BCUT2D eigenvalue weighted by molar-refractivity contribution is -0.136. The molecule has 0 unspecified atom stereocenters. The average Bonchev–Trinajstić information content (AvgIpc) is 3.30. The van der Waals surface area contributed by atoms with E-state index in [1.165, 1.54) is 19.2 Å². The van der Waals surface area contributed by atoms with Crippen LogP contribution in [0.2, 0.25) is 0 Å². The van der Waals surface area contributed by atoms with Gasteiger partial charge in [-0.1, -0.05) is 24.3 Å². The van der Waals surface area contributed by atoms with Gasteiger partial charge in [0.05, 0.1) is 26.5 Å².